The number of nitrogens with zero attached hydrogens (tertiary/aromatic N) is 14. The van der Waals surface area contributed by atoms with E-state index in [0.717, 1.165) is 42.9 Å². The Hall–Kier alpha value is -11.9. The molecular formula is C99H103F21N14O7. The molecule has 11 heterocycles. The van der Waals surface area contributed by atoms with Crippen LogP contribution in [0, 0.1) is 31.5 Å². The molecule has 17 rings (SSSR count). The summed E-state index contributed by atoms with van der Waals surface area (Å²) in [6.45, 7) is 47.2. The lowest BCUT2D eigenvalue weighted by atomic mass is 9.96. The Morgan fingerprint density at radius 2 is 0.624 bits per heavy atom. The quantitative estimate of drug-likeness (QED) is 0.0625. The number of rotatable bonds is 17. The van der Waals surface area contributed by atoms with E-state index in [0.29, 0.717) is 81.2 Å². The van der Waals surface area contributed by atoms with Gasteiger partial charge in [0.1, 0.15) is 5.82 Å². The number of fused-ring (bicyclic) bond motifs is 6. The van der Waals surface area contributed by atoms with Gasteiger partial charge in [-0.15, -0.1) is 0 Å². The summed E-state index contributed by atoms with van der Waals surface area (Å²) in [5, 5.41) is 0. The first-order chi connectivity index (χ1) is 65.6. The van der Waals surface area contributed by atoms with Crippen molar-refractivity contribution in [2.45, 2.75) is 253 Å². The van der Waals surface area contributed by atoms with Gasteiger partial charge < -0.3 is 43.8 Å². The monoisotopic (exact) mass is 2000 g/mol. The normalized spacial score (nSPS) is 18.0. The fourth-order valence-electron chi connectivity index (χ4n) is 18.5. The molecule has 0 spiro atoms. The zero-order valence-corrected chi connectivity index (χ0v) is 79.0. The summed E-state index contributed by atoms with van der Waals surface area (Å²) in [4.78, 5) is 104. The number of amides is 6. The summed E-state index contributed by atoms with van der Waals surface area (Å²) < 4.78 is 285. The molecule has 10 aliphatic rings. The topological polar surface area (TPSA) is 170 Å². The molecule has 0 N–H and O–H groups in total. The van der Waals surface area contributed by atoms with Crippen LogP contribution in [0.25, 0.3) is 25.7 Å². The minimum atomic E-state index is -4.60. The van der Waals surface area contributed by atoms with Crippen LogP contribution in [0.3, 0.4) is 0 Å². The van der Waals surface area contributed by atoms with Gasteiger partial charge in [-0.25, -0.2) is 31.2 Å². The molecule has 1 unspecified atom stereocenters. The minimum Gasteiger partial charge on any atom is -0.379 e. The number of halogens is 21. The van der Waals surface area contributed by atoms with Gasteiger partial charge in [0.25, 0.3) is 35.4 Å². The van der Waals surface area contributed by atoms with E-state index in [4.69, 9.17) is 24.5 Å². The Kier molecular flexibility index (Phi) is 32.1. The van der Waals surface area contributed by atoms with Crippen LogP contribution in [0.2, 0.25) is 0 Å². The van der Waals surface area contributed by atoms with Gasteiger partial charge >= 0.3 is 37.1 Å². The van der Waals surface area contributed by atoms with E-state index in [1.807, 2.05) is 28.5 Å². The first kappa shape index (κ1) is 108. The summed E-state index contributed by atoms with van der Waals surface area (Å²) in [5.41, 5.74) is -1.90. The molecule has 10 aliphatic heterocycles. The molecule has 0 saturated carbocycles. The highest BCUT2D eigenvalue weighted by Crippen LogP contribution is 2.48. The number of hydrogen-bond acceptors (Lipinski definition) is 12. The molecule has 141 heavy (non-hydrogen) atoms. The van der Waals surface area contributed by atoms with Crippen LogP contribution in [0.4, 0.5) is 97.9 Å². The molecule has 0 bridgehead atoms. The minimum absolute atomic E-state index is 0.00372. The lowest BCUT2D eigenvalue weighted by molar-refractivity contribution is -0.139. The van der Waals surface area contributed by atoms with Gasteiger partial charge in [-0.3, -0.25) is 53.4 Å². The standard InChI is InChI=1S/C18H20F3N3O.C17H19F5N2O.C17H14F4N2O.C17H18F3N3O.C17H21F3N2O2.C13H11F3N2O/c1-11(2)24-10-15-14(17(24)25)6-12(7-16(15)18(19,20)21)8-23-5-4-13(9-23)22-3;1-9(2)24-8-13-12(16(24)25)3-10(4-14(13)17(20,21)22)5-23-6-11(7-23)15(18)19;1-9(2)23-8-14-13(16(23)24)4-10(5-15(14)17(19,20)21)11-3-12(18)7-22-6-11;1-10(2)23-9-14-13(16(23)24)4-11(5-15(14)17(18,19)20)6-22-7-12(8-22)21-3;1-10(2)22-9-14-13(16(22)23)4-11(5-15(14)17(18,19)20)6-21-7-12(8-21)24-3;1-7(2)18-6-10-9(12(18)19)4-8(17-3)5-11(10)13(14,15)16/h6-7,11,13H,4-5,8-10H2,1-2H3;3-4,9,11,15H,5-8H2,1-2H3;3-7,9H,8H2,1-2H3;4-5,10,12H,6-9H2,1-2H3;4-5,10,12H,6-9H2,1-3H3;4-5,7H,6H2,1-2H3. The molecule has 0 radical (unpaired) electrons. The number of alkyl halides is 20. The van der Waals surface area contributed by atoms with Gasteiger partial charge in [0.2, 0.25) is 18.5 Å². The van der Waals surface area contributed by atoms with Crippen LogP contribution < -0.4 is 0 Å². The summed E-state index contributed by atoms with van der Waals surface area (Å²) in [7, 11) is 1.62. The smallest absolute Gasteiger partial charge is 0.379 e. The maximum Gasteiger partial charge on any atom is 0.416 e. The van der Waals surface area contributed by atoms with Crippen LogP contribution in [0.1, 0.15) is 241 Å². The van der Waals surface area contributed by atoms with Crippen LogP contribution in [-0.4, -0.2) is 210 Å². The molecule has 758 valence electrons. The van der Waals surface area contributed by atoms with Crippen molar-refractivity contribution < 1.29 is 126 Å². The molecule has 21 nitrogen and oxygen atoms in total. The third-order valence-corrected chi connectivity index (χ3v) is 26.2. The molecule has 4 saturated heterocycles. The highest BCUT2D eigenvalue weighted by Gasteiger charge is 2.49. The average molecular weight is 2000 g/mol. The molecule has 4 fully saturated rings. The zero-order valence-electron chi connectivity index (χ0n) is 79.0. The average Bonchev–Trinajstić information content (AvgIpc) is 1.64. The van der Waals surface area contributed by atoms with E-state index >= 15 is 0 Å². The number of aromatic nitrogens is 1. The SMILES string of the molecule is CC(C)N1Cc2c(cc(-c3cncc(F)c3)cc2C(F)(F)F)C1=O.CC(C)N1Cc2c(cc(CN3CC(C(F)F)C3)cc2C(F)(F)F)C1=O.COC1CN(Cc2cc3c(c(C(F)(F)F)c2)CN(C(C)C)C3=O)C1.[C-]#[N+]C1CCN(Cc2cc3c(c(C(F)(F)F)c2)CN(C(C)C)C3=O)C1.[C-]#[N+]C1CN(Cc2cc3c(c(C(F)(F)F)c2)CN(C(C)C)C3=O)C1.[C-]#[N+]c1cc2c(c(C(F)(F)F)c1)CN(C(C)C)C2=O. The van der Waals surface area contributed by atoms with Gasteiger partial charge in [0.05, 0.1) is 71.9 Å². The Balaban J connectivity index is 0.000000152. The third kappa shape index (κ3) is 24.0. The first-order valence-corrected chi connectivity index (χ1v) is 45.3. The van der Waals surface area contributed by atoms with Gasteiger partial charge in [-0.2, -0.15) is 79.0 Å². The van der Waals surface area contributed by atoms with Crippen molar-refractivity contribution in [1.29, 1.82) is 0 Å². The predicted octanol–water partition coefficient (Wildman–Crippen LogP) is 21.3. The number of methoxy groups -OCH3 is 1. The second-order valence-corrected chi connectivity index (χ2v) is 38.0. The molecule has 42 heteroatoms. The van der Waals surface area contributed by atoms with E-state index in [1.165, 1.54) is 65.9 Å². The van der Waals surface area contributed by atoms with Gasteiger partial charge in [0, 0.05) is 199 Å². The lowest BCUT2D eigenvalue weighted by Gasteiger charge is -2.38. The van der Waals surface area contributed by atoms with Crippen molar-refractivity contribution in [2.24, 2.45) is 5.92 Å². The number of ether oxygens (including phenoxy) is 1. The zero-order chi connectivity index (χ0) is 104. The second-order valence-electron chi connectivity index (χ2n) is 38.0. The van der Waals surface area contributed by atoms with Crippen molar-refractivity contribution >= 4 is 41.1 Å². The highest BCUT2D eigenvalue weighted by molar-refractivity contribution is 6.03. The summed E-state index contributed by atoms with van der Waals surface area (Å²) in [6.07, 6.45) is -26.5. The molecule has 0 aliphatic carbocycles. The fourth-order valence-corrected chi connectivity index (χ4v) is 18.5. The van der Waals surface area contributed by atoms with Gasteiger partial charge in [-0.05, 0) is 223 Å². The van der Waals surface area contributed by atoms with E-state index in [9.17, 15) is 121 Å². The fraction of sp³-hybridized carbons (Fsp3) is 0.495. The molecule has 6 amide bonds. The predicted molar refractivity (Wildman–Crippen MR) is 475 cm³/mol. The number of pyridine rings is 1. The van der Waals surface area contributed by atoms with Crippen LogP contribution in [-0.2, 0) is 107 Å². The maximum absolute atomic E-state index is 13.5. The molecule has 7 aromatic rings. The molecule has 1 atom stereocenters. The molecule has 6 aromatic carbocycles. The first-order valence-electron chi connectivity index (χ1n) is 45.3. The van der Waals surface area contributed by atoms with Crippen LogP contribution in [0.5, 0.6) is 0 Å². The van der Waals surface area contributed by atoms with E-state index in [1.54, 1.807) is 99.4 Å². The maximum atomic E-state index is 13.5. The second kappa shape index (κ2) is 41.9. The molecule has 1 aromatic heterocycles. The van der Waals surface area contributed by atoms with Crippen molar-refractivity contribution in [3.05, 3.63) is 254 Å². The lowest BCUT2D eigenvalue weighted by Crippen LogP contribution is -2.50. The third-order valence-electron chi connectivity index (χ3n) is 26.2. The number of likely N-dealkylation sites (tertiary alicyclic amines) is 4. The summed E-state index contributed by atoms with van der Waals surface area (Å²) in [5.74, 6) is -3.67. The van der Waals surface area contributed by atoms with Crippen molar-refractivity contribution in [1.82, 2.24) is 54.0 Å². The Bertz CT molecular complexity index is 6050. The van der Waals surface area contributed by atoms with Gasteiger partial charge in [0.15, 0.2) is 5.69 Å². The van der Waals surface area contributed by atoms with E-state index in [2.05, 4.69) is 19.5 Å². The Labute approximate surface area is 800 Å². The van der Waals surface area contributed by atoms with Crippen LogP contribution in [0.15, 0.2) is 91.3 Å². The van der Waals surface area contributed by atoms with E-state index in [-0.39, 0.29) is 215 Å². The largest absolute Gasteiger partial charge is 0.416 e. The number of carbonyl (C=O) groups excluding carboxylic acids is 6. The number of benzene rings is 6. The summed E-state index contributed by atoms with van der Waals surface area (Å²) >= 11 is 0. The van der Waals surface area contributed by atoms with Crippen molar-refractivity contribution in [3.63, 3.8) is 0 Å². The number of hydrogen-bond donors (Lipinski definition) is 0. The highest BCUT2D eigenvalue weighted by atomic mass is 19.4. The van der Waals surface area contributed by atoms with Crippen molar-refractivity contribution in [3.8, 4) is 11.1 Å². The summed E-state index contributed by atoms with van der Waals surface area (Å²) in [6, 6.07) is 15.1. The van der Waals surface area contributed by atoms with Crippen molar-refractivity contribution in [2.75, 3.05) is 59.5 Å². The number of carbonyl (C=O) groups is 6. The molecular weight excluding hydrogens is 1900 g/mol. The van der Waals surface area contributed by atoms with E-state index < -0.39 is 106 Å². The van der Waals surface area contributed by atoms with Crippen LogP contribution >= 0.6 is 0 Å². The Morgan fingerprint density at radius 1 is 0.348 bits per heavy atom. The Morgan fingerprint density at radius 3 is 0.901 bits per heavy atom. The van der Waals surface area contributed by atoms with Gasteiger partial charge in [-0.1, -0.05) is 0 Å².